The minimum Gasteiger partial charge on any atom is -0.543 e. The third kappa shape index (κ3) is 5.67. The zero-order valence-corrected chi connectivity index (χ0v) is 16.5. The smallest absolute Gasteiger partial charge is 0.250 e. The summed E-state index contributed by atoms with van der Waals surface area (Å²) in [5, 5.41) is 0.217. The van der Waals surface area contributed by atoms with Crippen molar-refractivity contribution in [3.05, 3.63) is 23.8 Å². The number of benzene rings is 1. The van der Waals surface area contributed by atoms with Gasteiger partial charge >= 0.3 is 0 Å². The van der Waals surface area contributed by atoms with Crippen molar-refractivity contribution in [3.63, 3.8) is 0 Å². The van der Waals surface area contributed by atoms with Gasteiger partial charge in [0.15, 0.2) is 0 Å². The summed E-state index contributed by atoms with van der Waals surface area (Å²) in [5.41, 5.74) is 8.28. The van der Waals surface area contributed by atoms with Crippen LogP contribution >= 0.6 is 0 Å². The lowest BCUT2D eigenvalue weighted by Crippen LogP contribution is -2.43. The molecule has 0 aliphatic carbocycles. The van der Waals surface area contributed by atoms with Gasteiger partial charge in [-0.2, -0.15) is 0 Å². The second-order valence-electron chi connectivity index (χ2n) is 7.89. The van der Waals surface area contributed by atoms with Crippen molar-refractivity contribution in [2.24, 2.45) is 0 Å². The van der Waals surface area contributed by atoms with Crippen molar-refractivity contribution in [2.75, 3.05) is 5.73 Å². The second-order valence-corrected chi connectivity index (χ2v) is 12.6. The molecule has 0 aliphatic rings. The van der Waals surface area contributed by atoms with Crippen LogP contribution in [0.4, 0.5) is 5.69 Å². The summed E-state index contributed by atoms with van der Waals surface area (Å²) in [6.07, 6.45) is 7.52. The van der Waals surface area contributed by atoms with Crippen LogP contribution in [0.3, 0.4) is 0 Å². The largest absolute Gasteiger partial charge is 0.543 e. The molecule has 22 heavy (non-hydrogen) atoms. The molecular weight excluding hydrogens is 286 g/mol. The van der Waals surface area contributed by atoms with Crippen molar-refractivity contribution in [2.45, 2.75) is 84.4 Å². The molecule has 0 spiro atoms. The van der Waals surface area contributed by atoms with E-state index in [1.165, 1.54) is 37.7 Å². The minimum atomic E-state index is -1.78. The van der Waals surface area contributed by atoms with Crippen LogP contribution < -0.4 is 10.2 Å². The van der Waals surface area contributed by atoms with Gasteiger partial charge in [-0.25, -0.2) is 0 Å². The Morgan fingerprint density at radius 3 is 2.27 bits per heavy atom. The summed E-state index contributed by atoms with van der Waals surface area (Å²) in [6, 6.07) is 6.19. The number of aryl methyl sites for hydroxylation is 1. The highest BCUT2D eigenvalue weighted by Gasteiger charge is 2.38. The quantitative estimate of drug-likeness (QED) is 0.353. The van der Waals surface area contributed by atoms with Crippen LogP contribution in [0.15, 0.2) is 18.2 Å². The molecule has 0 aromatic heterocycles. The monoisotopic (exact) mass is 321 g/mol. The summed E-state index contributed by atoms with van der Waals surface area (Å²) in [7, 11) is -1.78. The topological polar surface area (TPSA) is 35.2 Å². The summed E-state index contributed by atoms with van der Waals surface area (Å²) in [5.74, 6) is 0.990. The lowest BCUT2D eigenvalue weighted by atomic mass is 10.0. The molecule has 2 nitrogen and oxygen atoms in total. The molecule has 0 unspecified atom stereocenters. The Balaban J connectivity index is 2.69. The highest BCUT2D eigenvalue weighted by atomic mass is 28.4. The zero-order chi connectivity index (χ0) is 16.8. The molecule has 0 fully saturated rings. The third-order valence-corrected chi connectivity index (χ3v) is 9.20. The fourth-order valence-electron chi connectivity index (χ4n) is 2.23. The first-order valence-electron chi connectivity index (χ1n) is 8.75. The van der Waals surface area contributed by atoms with Crippen LogP contribution in [0.1, 0.15) is 65.4 Å². The Hall–Kier alpha value is -0.963. The van der Waals surface area contributed by atoms with E-state index in [0.717, 1.165) is 17.9 Å². The Labute approximate surface area is 138 Å². The van der Waals surface area contributed by atoms with E-state index in [9.17, 15) is 0 Å². The van der Waals surface area contributed by atoms with Crippen LogP contribution in [-0.4, -0.2) is 8.32 Å². The average molecular weight is 322 g/mol. The second kappa shape index (κ2) is 8.05. The standard InChI is InChI=1S/C19H35NOSi/c1-7-8-9-10-11-12-16-15-17(13-14-18(16)20)21-22(5,6)19(2,3)4/h13-15H,7-12,20H2,1-6H3. The van der Waals surface area contributed by atoms with Crippen molar-refractivity contribution in [3.8, 4) is 5.75 Å². The van der Waals surface area contributed by atoms with Crippen LogP contribution in [0.2, 0.25) is 18.1 Å². The first kappa shape index (κ1) is 19.1. The number of hydrogen-bond donors (Lipinski definition) is 1. The summed E-state index contributed by atoms with van der Waals surface area (Å²) >= 11 is 0. The van der Waals surface area contributed by atoms with Gasteiger partial charge in [0.05, 0.1) is 0 Å². The molecule has 3 heteroatoms. The molecule has 0 heterocycles. The van der Waals surface area contributed by atoms with Crippen LogP contribution in [0, 0.1) is 0 Å². The van der Waals surface area contributed by atoms with E-state index in [0.29, 0.717) is 0 Å². The van der Waals surface area contributed by atoms with E-state index in [2.05, 4.69) is 46.9 Å². The Morgan fingerprint density at radius 1 is 1.05 bits per heavy atom. The Bertz CT molecular complexity index is 463. The van der Waals surface area contributed by atoms with E-state index < -0.39 is 8.32 Å². The highest BCUT2D eigenvalue weighted by Crippen LogP contribution is 2.37. The van der Waals surface area contributed by atoms with E-state index in [1.807, 2.05) is 12.1 Å². The summed E-state index contributed by atoms with van der Waals surface area (Å²) in [6.45, 7) is 13.6. The number of anilines is 1. The normalized spacial score (nSPS) is 12.5. The molecule has 0 atom stereocenters. The predicted octanol–water partition coefficient (Wildman–Crippen LogP) is 6.17. The van der Waals surface area contributed by atoms with E-state index in [1.54, 1.807) is 0 Å². The summed E-state index contributed by atoms with van der Waals surface area (Å²) < 4.78 is 6.39. The van der Waals surface area contributed by atoms with Gasteiger partial charge in [0.1, 0.15) is 5.75 Å². The molecular formula is C19H35NOSi. The first-order chi connectivity index (χ1) is 10.2. The van der Waals surface area contributed by atoms with E-state index >= 15 is 0 Å². The molecule has 0 bridgehead atoms. The Kier molecular flexibility index (Phi) is 6.98. The fourth-order valence-corrected chi connectivity index (χ4v) is 3.25. The van der Waals surface area contributed by atoms with Crippen molar-refractivity contribution < 1.29 is 4.43 Å². The third-order valence-electron chi connectivity index (χ3n) is 4.84. The highest BCUT2D eigenvalue weighted by molar-refractivity contribution is 6.74. The van der Waals surface area contributed by atoms with Crippen molar-refractivity contribution in [1.29, 1.82) is 0 Å². The van der Waals surface area contributed by atoms with Crippen LogP contribution in [0.5, 0.6) is 5.75 Å². The maximum absolute atomic E-state index is 6.39. The predicted molar refractivity (Wildman–Crippen MR) is 101 cm³/mol. The van der Waals surface area contributed by atoms with Crippen LogP contribution in [0.25, 0.3) is 0 Å². The molecule has 0 saturated heterocycles. The molecule has 2 N–H and O–H groups in total. The van der Waals surface area contributed by atoms with Gasteiger partial charge in [0, 0.05) is 5.69 Å². The fraction of sp³-hybridized carbons (Fsp3) is 0.684. The maximum atomic E-state index is 6.39. The molecule has 0 saturated carbocycles. The SMILES string of the molecule is CCCCCCCc1cc(O[Si](C)(C)C(C)(C)C)ccc1N. The lowest BCUT2D eigenvalue weighted by molar-refractivity contribution is 0.491. The van der Waals surface area contributed by atoms with Crippen molar-refractivity contribution in [1.82, 2.24) is 0 Å². The molecule has 1 aromatic carbocycles. The van der Waals surface area contributed by atoms with E-state index in [4.69, 9.17) is 10.2 Å². The lowest BCUT2D eigenvalue weighted by Gasteiger charge is -2.36. The molecule has 126 valence electrons. The first-order valence-corrected chi connectivity index (χ1v) is 11.7. The van der Waals surface area contributed by atoms with Gasteiger partial charge in [-0.3, -0.25) is 0 Å². The zero-order valence-electron chi connectivity index (χ0n) is 15.5. The number of nitrogen functional groups attached to an aromatic ring is 1. The Morgan fingerprint density at radius 2 is 1.68 bits per heavy atom. The van der Waals surface area contributed by atoms with Gasteiger partial charge in [-0.1, -0.05) is 53.4 Å². The molecule has 0 amide bonds. The average Bonchev–Trinajstić information content (AvgIpc) is 2.40. The summed E-state index contributed by atoms with van der Waals surface area (Å²) in [4.78, 5) is 0. The molecule has 0 radical (unpaired) electrons. The number of rotatable bonds is 8. The van der Waals surface area contributed by atoms with Gasteiger partial charge in [-0.15, -0.1) is 0 Å². The maximum Gasteiger partial charge on any atom is 0.250 e. The molecule has 1 aromatic rings. The van der Waals surface area contributed by atoms with Gasteiger partial charge in [0.25, 0.3) is 0 Å². The van der Waals surface area contributed by atoms with Crippen LogP contribution in [-0.2, 0) is 6.42 Å². The van der Waals surface area contributed by atoms with Gasteiger partial charge < -0.3 is 10.2 Å². The number of nitrogens with two attached hydrogens (primary N) is 1. The molecule has 1 rings (SSSR count). The van der Waals surface area contributed by atoms with Gasteiger partial charge in [-0.05, 0) is 54.7 Å². The number of unbranched alkanes of at least 4 members (excludes halogenated alkanes) is 4. The molecule has 0 aliphatic heterocycles. The van der Waals surface area contributed by atoms with Crippen molar-refractivity contribution >= 4 is 14.0 Å². The number of hydrogen-bond acceptors (Lipinski definition) is 2. The minimum absolute atomic E-state index is 0.217. The van der Waals surface area contributed by atoms with E-state index in [-0.39, 0.29) is 5.04 Å². The van der Waals surface area contributed by atoms with Gasteiger partial charge in [0.2, 0.25) is 8.32 Å².